The number of phenols is 1. The molecule has 0 spiro atoms. The van der Waals surface area contributed by atoms with Crippen molar-refractivity contribution in [3.05, 3.63) is 63.4 Å². The number of halogens is 2. The highest BCUT2D eigenvalue weighted by Gasteiger charge is 2.29. The number of hydrogen-bond donors (Lipinski definition) is 2. The van der Waals surface area contributed by atoms with Crippen LogP contribution in [0.15, 0.2) is 30.3 Å². The Morgan fingerprint density at radius 2 is 2.10 bits per heavy atom. The zero-order valence-electron chi connectivity index (χ0n) is 11.1. The van der Waals surface area contributed by atoms with Crippen LogP contribution in [0.25, 0.3) is 0 Å². The van der Waals surface area contributed by atoms with E-state index in [0.29, 0.717) is 29.0 Å². The van der Waals surface area contributed by atoms with Gasteiger partial charge in [0, 0.05) is 16.5 Å². The third-order valence-electron chi connectivity index (χ3n) is 3.96. The number of para-hydroxylation sites is 1. The zero-order chi connectivity index (χ0) is 15.1. The van der Waals surface area contributed by atoms with Crippen molar-refractivity contribution in [2.24, 2.45) is 5.73 Å². The third-order valence-corrected chi connectivity index (χ3v) is 4.18. The molecule has 0 radical (unpaired) electrons. The summed E-state index contributed by atoms with van der Waals surface area (Å²) in [5.74, 6) is -1.34. The van der Waals surface area contributed by atoms with E-state index >= 15 is 0 Å². The van der Waals surface area contributed by atoms with Crippen LogP contribution in [0.5, 0.6) is 5.75 Å². The molecular weight excluding hydrogens is 293 g/mol. The van der Waals surface area contributed by atoms with Gasteiger partial charge in [0.15, 0.2) is 0 Å². The van der Waals surface area contributed by atoms with Gasteiger partial charge in [-0.2, -0.15) is 0 Å². The van der Waals surface area contributed by atoms with Gasteiger partial charge in [-0.05, 0) is 42.2 Å². The van der Waals surface area contributed by atoms with Gasteiger partial charge in [-0.1, -0.05) is 23.7 Å². The Hall–Kier alpha value is -2.07. The maximum atomic E-state index is 13.9. The van der Waals surface area contributed by atoms with Crippen molar-refractivity contribution in [1.82, 2.24) is 0 Å². The smallest absolute Gasteiger partial charge is 0.252 e. The van der Waals surface area contributed by atoms with Gasteiger partial charge in [-0.3, -0.25) is 4.79 Å². The molecule has 0 fully saturated rings. The van der Waals surface area contributed by atoms with Crippen LogP contribution in [0.2, 0.25) is 5.02 Å². The lowest BCUT2D eigenvalue weighted by atomic mass is 9.90. The number of amides is 1. The minimum absolute atomic E-state index is 0.0726. The second-order valence-corrected chi connectivity index (χ2v) is 5.59. The largest absolute Gasteiger partial charge is 0.507 e. The minimum Gasteiger partial charge on any atom is -0.507 e. The van der Waals surface area contributed by atoms with Crippen LogP contribution >= 0.6 is 11.6 Å². The zero-order valence-corrected chi connectivity index (χ0v) is 11.8. The molecule has 2 aromatic carbocycles. The summed E-state index contributed by atoms with van der Waals surface area (Å²) >= 11 is 5.93. The number of carbonyl (C=O) groups excluding carboxylic acids is 1. The quantitative estimate of drug-likeness (QED) is 0.893. The average Bonchev–Trinajstić information content (AvgIpc) is 2.82. The van der Waals surface area contributed by atoms with Crippen LogP contribution in [0.4, 0.5) is 4.39 Å². The molecule has 0 aromatic heterocycles. The van der Waals surface area contributed by atoms with Crippen molar-refractivity contribution in [3.63, 3.8) is 0 Å². The first-order chi connectivity index (χ1) is 9.99. The standard InChI is InChI=1S/C16H13ClFNO2/c17-8-6-13-9(4-5-10(13)14(18)7-8)11-2-1-3-12(15(11)20)16(19)21/h1-3,6-7,9,20H,4-5H2,(H2,19,21)/t9-/m0/s1. The van der Waals surface area contributed by atoms with E-state index in [9.17, 15) is 14.3 Å². The van der Waals surface area contributed by atoms with Crippen LogP contribution in [0.3, 0.4) is 0 Å². The van der Waals surface area contributed by atoms with E-state index in [1.54, 1.807) is 18.2 Å². The van der Waals surface area contributed by atoms with Crippen molar-refractivity contribution in [2.75, 3.05) is 0 Å². The highest BCUT2D eigenvalue weighted by Crippen LogP contribution is 2.44. The fourth-order valence-corrected chi connectivity index (χ4v) is 3.22. The molecule has 3 nitrogen and oxygen atoms in total. The first-order valence-corrected chi connectivity index (χ1v) is 6.96. The number of fused-ring (bicyclic) bond motifs is 1. The molecule has 1 amide bonds. The van der Waals surface area contributed by atoms with E-state index in [0.717, 1.165) is 5.56 Å². The van der Waals surface area contributed by atoms with E-state index in [1.165, 1.54) is 12.1 Å². The summed E-state index contributed by atoms with van der Waals surface area (Å²) in [6.45, 7) is 0. The summed E-state index contributed by atoms with van der Waals surface area (Å²) in [7, 11) is 0. The molecule has 0 unspecified atom stereocenters. The van der Waals surface area contributed by atoms with Gasteiger partial charge in [-0.25, -0.2) is 4.39 Å². The Labute approximate surface area is 126 Å². The van der Waals surface area contributed by atoms with Gasteiger partial charge < -0.3 is 10.8 Å². The minimum atomic E-state index is -0.690. The van der Waals surface area contributed by atoms with Crippen molar-refractivity contribution in [2.45, 2.75) is 18.8 Å². The Morgan fingerprint density at radius 1 is 1.33 bits per heavy atom. The molecule has 0 heterocycles. The highest BCUT2D eigenvalue weighted by atomic mass is 35.5. The number of carbonyl (C=O) groups is 1. The van der Waals surface area contributed by atoms with Gasteiger partial charge >= 0.3 is 0 Å². The summed E-state index contributed by atoms with van der Waals surface area (Å²) in [6.07, 6.45) is 1.23. The molecule has 1 aliphatic carbocycles. The van der Waals surface area contributed by atoms with Gasteiger partial charge in [0.2, 0.25) is 0 Å². The predicted molar refractivity (Wildman–Crippen MR) is 78.2 cm³/mol. The molecule has 21 heavy (non-hydrogen) atoms. The molecule has 108 valence electrons. The number of hydrogen-bond acceptors (Lipinski definition) is 2. The Morgan fingerprint density at radius 3 is 2.81 bits per heavy atom. The SMILES string of the molecule is NC(=O)c1cccc([C@@H]2CCc3c(F)cc(Cl)cc32)c1O. The summed E-state index contributed by atoms with van der Waals surface area (Å²) in [6, 6.07) is 7.86. The van der Waals surface area contributed by atoms with Gasteiger partial charge in [0.05, 0.1) is 5.56 Å². The number of rotatable bonds is 2. The van der Waals surface area contributed by atoms with Crippen LogP contribution in [0.1, 0.15) is 39.4 Å². The first kappa shape index (κ1) is 13.9. The van der Waals surface area contributed by atoms with E-state index < -0.39 is 5.91 Å². The molecule has 1 atom stereocenters. The van der Waals surface area contributed by atoms with E-state index in [1.807, 2.05) is 0 Å². The molecule has 3 rings (SSSR count). The summed E-state index contributed by atoms with van der Waals surface area (Å²) in [4.78, 5) is 11.3. The molecule has 0 bridgehead atoms. The topological polar surface area (TPSA) is 63.3 Å². The maximum absolute atomic E-state index is 13.9. The van der Waals surface area contributed by atoms with Crippen LogP contribution in [0, 0.1) is 5.82 Å². The van der Waals surface area contributed by atoms with Crippen molar-refractivity contribution in [3.8, 4) is 5.75 Å². The summed E-state index contributed by atoms with van der Waals surface area (Å²) in [5.41, 5.74) is 7.27. The normalized spacial score (nSPS) is 16.8. The lowest BCUT2D eigenvalue weighted by Gasteiger charge is -2.15. The monoisotopic (exact) mass is 305 g/mol. The van der Waals surface area contributed by atoms with Crippen LogP contribution in [-0.4, -0.2) is 11.0 Å². The van der Waals surface area contributed by atoms with Crippen LogP contribution in [-0.2, 0) is 6.42 Å². The lowest BCUT2D eigenvalue weighted by molar-refractivity contribution is 0.0997. The molecular formula is C16H13ClFNO2. The highest BCUT2D eigenvalue weighted by molar-refractivity contribution is 6.30. The van der Waals surface area contributed by atoms with Crippen LogP contribution < -0.4 is 5.73 Å². The van der Waals surface area contributed by atoms with Crippen molar-refractivity contribution >= 4 is 17.5 Å². The second kappa shape index (κ2) is 5.04. The van der Waals surface area contributed by atoms with E-state index in [2.05, 4.69) is 0 Å². The Balaban J connectivity index is 2.14. The second-order valence-electron chi connectivity index (χ2n) is 5.15. The number of nitrogens with two attached hydrogens (primary N) is 1. The van der Waals surface area contributed by atoms with Crippen molar-refractivity contribution in [1.29, 1.82) is 0 Å². The summed E-state index contributed by atoms with van der Waals surface area (Å²) in [5, 5.41) is 10.6. The number of aromatic hydroxyl groups is 1. The predicted octanol–water partition coefficient (Wildman–Crippen LogP) is 3.36. The Bertz CT molecular complexity index is 745. The Kier molecular flexibility index (Phi) is 3.33. The molecule has 0 saturated carbocycles. The van der Waals surface area contributed by atoms with Gasteiger partial charge in [0.25, 0.3) is 5.91 Å². The van der Waals surface area contributed by atoms with Crippen molar-refractivity contribution < 1.29 is 14.3 Å². The molecule has 5 heteroatoms. The summed E-state index contributed by atoms with van der Waals surface area (Å²) < 4.78 is 13.9. The molecule has 3 N–H and O–H groups in total. The molecule has 0 aliphatic heterocycles. The first-order valence-electron chi connectivity index (χ1n) is 6.58. The fourth-order valence-electron chi connectivity index (χ4n) is 3.01. The van der Waals surface area contributed by atoms with Gasteiger partial charge in [-0.15, -0.1) is 0 Å². The molecule has 0 saturated heterocycles. The van der Waals surface area contributed by atoms with E-state index in [-0.39, 0.29) is 23.0 Å². The molecule has 2 aromatic rings. The number of primary amides is 1. The fraction of sp³-hybridized carbons (Fsp3) is 0.188. The van der Waals surface area contributed by atoms with E-state index in [4.69, 9.17) is 17.3 Å². The third kappa shape index (κ3) is 2.25. The maximum Gasteiger partial charge on any atom is 0.252 e. The lowest BCUT2D eigenvalue weighted by Crippen LogP contribution is -2.12. The molecule has 1 aliphatic rings. The average molecular weight is 306 g/mol. The number of benzene rings is 2. The van der Waals surface area contributed by atoms with Gasteiger partial charge in [0.1, 0.15) is 11.6 Å².